The van der Waals surface area contributed by atoms with Crippen LogP contribution in [0.5, 0.6) is 0 Å². The molecular weight excluding hydrogens is 344 g/mol. The summed E-state index contributed by atoms with van der Waals surface area (Å²) in [5.41, 5.74) is -0.195. The SMILES string of the molecule is O=C(O)CCC1CCCN(C(=O)c2cn[nH]c2-c2c(F)cccc2F)C1. The van der Waals surface area contributed by atoms with Gasteiger partial charge >= 0.3 is 5.97 Å². The first kappa shape index (κ1) is 18.0. The molecular formula is C18H19F2N3O3. The van der Waals surface area contributed by atoms with Gasteiger partial charge in [-0.2, -0.15) is 5.10 Å². The van der Waals surface area contributed by atoms with Crippen molar-refractivity contribution in [1.29, 1.82) is 0 Å². The maximum absolute atomic E-state index is 14.1. The van der Waals surface area contributed by atoms with Crippen molar-refractivity contribution >= 4 is 11.9 Å². The Morgan fingerprint density at radius 1 is 1.31 bits per heavy atom. The lowest BCUT2D eigenvalue weighted by Crippen LogP contribution is -2.40. The number of nitrogens with zero attached hydrogens (tertiary/aromatic N) is 2. The van der Waals surface area contributed by atoms with E-state index in [2.05, 4.69) is 10.2 Å². The molecule has 26 heavy (non-hydrogen) atoms. The van der Waals surface area contributed by atoms with E-state index in [0.29, 0.717) is 19.5 Å². The number of aliphatic carboxylic acids is 1. The van der Waals surface area contributed by atoms with Crippen LogP contribution in [0.15, 0.2) is 24.4 Å². The molecule has 138 valence electrons. The first-order valence-electron chi connectivity index (χ1n) is 8.46. The average molecular weight is 363 g/mol. The fourth-order valence-electron chi connectivity index (χ4n) is 3.36. The Bertz CT molecular complexity index is 802. The number of hydrogen-bond donors (Lipinski definition) is 2. The summed E-state index contributed by atoms with van der Waals surface area (Å²) in [7, 11) is 0. The third-order valence-corrected chi connectivity index (χ3v) is 4.66. The van der Waals surface area contributed by atoms with Crippen LogP contribution >= 0.6 is 0 Å². The van der Waals surface area contributed by atoms with Gasteiger partial charge in [-0.1, -0.05) is 6.07 Å². The van der Waals surface area contributed by atoms with Crippen molar-refractivity contribution in [2.75, 3.05) is 13.1 Å². The van der Waals surface area contributed by atoms with Gasteiger partial charge in [0, 0.05) is 19.5 Å². The van der Waals surface area contributed by atoms with E-state index in [0.717, 1.165) is 25.0 Å². The molecule has 8 heteroatoms. The number of amides is 1. The quantitative estimate of drug-likeness (QED) is 0.855. The van der Waals surface area contributed by atoms with E-state index in [1.165, 1.54) is 12.3 Å². The van der Waals surface area contributed by atoms with E-state index >= 15 is 0 Å². The molecule has 1 amide bonds. The van der Waals surface area contributed by atoms with Gasteiger partial charge in [-0.05, 0) is 37.3 Å². The van der Waals surface area contributed by atoms with Gasteiger partial charge in [0.15, 0.2) is 0 Å². The third kappa shape index (κ3) is 3.74. The molecule has 0 saturated carbocycles. The van der Waals surface area contributed by atoms with Crippen LogP contribution in [0.2, 0.25) is 0 Å². The number of aromatic amines is 1. The number of piperidine rings is 1. The Morgan fingerprint density at radius 2 is 2.04 bits per heavy atom. The highest BCUT2D eigenvalue weighted by molar-refractivity contribution is 5.99. The van der Waals surface area contributed by atoms with Crippen LogP contribution in [0.25, 0.3) is 11.3 Å². The Kier molecular flexibility index (Phi) is 5.29. The van der Waals surface area contributed by atoms with Crippen molar-refractivity contribution in [2.24, 2.45) is 5.92 Å². The third-order valence-electron chi connectivity index (χ3n) is 4.66. The summed E-state index contributed by atoms with van der Waals surface area (Å²) in [5, 5.41) is 15.1. The first-order valence-corrected chi connectivity index (χ1v) is 8.46. The van der Waals surface area contributed by atoms with Crippen LogP contribution in [0.1, 0.15) is 36.0 Å². The maximum atomic E-state index is 14.1. The van der Waals surface area contributed by atoms with Crippen LogP contribution in [-0.4, -0.2) is 45.2 Å². The second-order valence-electron chi connectivity index (χ2n) is 6.45. The highest BCUT2D eigenvalue weighted by Gasteiger charge is 2.28. The zero-order valence-corrected chi connectivity index (χ0v) is 14.0. The monoisotopic (exact) mass is 363 g/mol. The van der Waals surface area contributed by atoms with Crippen molar-refractivity contribution in [1.82, 2.24) is 15.1 Å². The number of hydrogen-bond acceptors (Lipinski definition) is 3. The van der Waals surface area contributed by atoms with E-state index in [9.17, 15) is 18.4 Å². The molecule has 3 rings (SSSR count). The number of likely N-dealkylation sites (tertiary alicyclic amines) is 1. The van der Waals surface area contributed by atoms with Gasteiger partial charge < -0.3 is 10.0 Å². The highest BCUT2D eigenvalue weighted by Crippen LogP contribution is 2.29. The zero-order chi connectivity index (χ0) is 18.7. The van der Waals surface area contributed by atoms with E-state index in [4.69, 9.17) is 5.11 Å². The van der Waals surface area contributed by atoms with Gasteiger partial charge in [-0.25, -0.2) is 8.78 Å². The molecule has 0 bridgehead atoms. The number of carbonyl (C=O) groups excluding carboxylic acids is 1. The molecule has 1 saturated heterocycles. The standard InChI is InChI=1S/C18H19F2N3O3/c19-13-4-1-5-14(20)16(13)17-12(9-21-22-17)18(26)23-8-2-3-11(10-23)6-7-15(24)25/h1,4-5,9,11H,2-3,6-8,10H2,(H,21,22)(H,24,25). The lowest BCUT2D eigenvalue weighted by atomic mass is 9.93. The number of carbonyl (C=O) groups is 2. The second kappa shape index (κ2) is 7.63. The Morgan fingerprint density at radius 3 is 2.73 bits per heavy atom. The van der Waals surface area contributed by atoms with Crippen LogP contribution in [0, 0.1) is 17.6 Å². The predicted molar refractivity (Wildman–Crippen MR) is 89.4 cm³/mol. The minimum atomic E-state index is -0.861. The molecule has 0 spiro atoms. The Balaban J connectivity index is 1.81. The van der Waals surface area contributed by atoms with Crippen LogP contribution in [0.4, 0.5) is 8.78 Å². The molecule has 2 aromatic rings. The molecule has 2 heterocycles. The highest BCUT2D eigenvalue weighted by atomic mass is 19.1. The van der Waals surface area contributed by atoms with Crippen LogP contribution in [-0.2, 0) is 4.79 Å². The fraction of sp³-hybridized carbons (Fsp3) is 0.389. The number of H-pyrrole nitrogens is 1. The van der Waals surface area contributed by atoms with E-state index < -0.39 is 17.6 Å². The number of rotatable bonds is 5. The minimum Gasteiger partial charge on any atom is -0.481 e. The summed E-state index contributed by atoms with van der Waals surface area (Å²) in [6.45, 7) is 0.948. The number of aromatic nitrogens is 2. The molecule has 1 aromatic heterocycles. The van der Waals surface area contributed by atoms with Crippen molar-refractivity contribution in [3.63, 3.8) is 0 Å². The zero-order valence-electron chi connectivity index (χ0n) is 14.0. The number of halogens is 2. The maximum Gasteiger partial charge on any atom is 0.303 e. The van der Waals surface area contributed by atoms with Crippen LogP contribution < -0.4 is 0 Å². The molecule has 1 fully saturated rings. The molecule has 1 aliphatic rings. The van der Waals surface area contributed by atoms with Gasteiger partial charge in [-0.3, -0.25) is 14.7 Å². The predicted octanol–water partition coefficient (Wildman–Crippen LogP) is 3.07. The molecule has 1 atom stereocenters. The smallest absolute Gasteiger partial charge is 0.303 e. The first-order chi connectivity index (χ1) is 12.5. The summed E-state index contributed by atoms with van der Waals surface area (Å²) < 4.78 is 28.1. The largest absolute Gasteiger partial charge is 0.481 e. The van der Waals surface area contributed by atoms with Crippen LogP contribution in [0.3, 0.4) is 0 Å². The summed E-state index contributed by atoms with van der Waals surface area (Å²) in [5.74, 6) is -2.68. The minimum absolute atomic E-state index is 0.0123. The average Bonchev–Trinajstić information content (AvgIpc) is 3.08. The Hall–Kier alpha value is -2.77. The molecule has 1 aliphatic heterocycles. The molecule has 1 aromatic carbocycles. The number of carboxylic acids is 1. The number of benzene rings is 1. The van der Waals surface area contributed by atoms with Crippen molar-refractivity contribution < 1.29 is 23.5 Å². The summed E-state index contributed by atoms with van der Waals surface area (Å²) in [4.78, 5) is 25.2. The van der Waals surface area contributed by atoms with Crippen molar-refractivity contribution in [2.45, 2.75) is 25.7 Å². The Labute approximate surface area is 148 Å². The normalized spacial score (nSPS) is 17.3. The van der Waals surface area contributed by atoms with Crippen molar-refractivity contribution in [3.8, 4) is 11.3 Å². The lowest BCUT2D eigenvalue weighted by molar-refractivity contribution is -0.137. The topological polar surface area (TPSA) is 86.3 Å². The number of carboxylic acid groups (broad SMARTS) is 1. The van der Waals surface area contributed by atoms with E-state index in [1.807, 2.05) is 0 Å². The molecule has 0 radical (unpaired) electrons. The van der Waals surface area contributed by atoms with Gasteiger partial charge in [0.05, 0.1) is 23.0 Å². The van der Waals surface area contributed by atoms with E-state index in [-0.39, 0.29) is 35.1 Å². The molecule has 6 nitrogen and oxygen atoms in total. The van der Waals surface area contributed by atoms with Gasteiger partial charge in [0.25, 0.3) is 5.91 Å². The van der Waals surface area contributed by atoms with Gasteiger partial charge in [0.2, 0.25) is 0 Å². The second-order valence-corrected chi connectivity index (χ2v) is 6.45. The van der Waals surface area contributed by atoms with Gasteiger partial charge in [0.1, 0.15) is 11.6 Å². The summed E-state index contributed by atoms with van der Waals surface area (Å²) in [6.07, 6.45) is 3.45. The fourth-order valence-corrected chi connectivity index (χ4v) is 3.36. The summed E-state index contributed by atoms with van der Waals surface area (Å²) in [6, 6.07) is 3.50. The lowest BCUT2D eigenvalue weighted by Gasteiger charge is -2.32. The molecule has 2 N–H and O–H groups in total. The van der Waals surface area contributed by atoms with Gasteiger partial charge in [-0.15, -0.1) is 0 Å². The van der Waals surface area contributed by atoms with E-state index in [1.54, 1.807) is 4.90 Å². The summed E-state index contributed by atoms with van der Waals surface area (Å²) >= 11 is 0. The molecule has 1 unspecified atom stereocenters. The molecule has 0 aliphatic carbocycles. The number of nitrogens with one attached hydrogen (secondary N) is 1. The van der Waals surface area contributed by atoms with Crippen molar-refractivity contribution in [3.05, 3.63) is 41.6 Å².